The first-order valence-electron chi connectivity index (χ1n) is 10.5. The number of amides is 1. The van der Waals surface area contributed by atoms with E-state index in [1.807, 2.05) is 35.7 Å². The second kappa shape index (κ2) is 9.49. The molecule has 3 heterocycles. The topological polar surface area (TPSA) is 110 Å². The Morgan fingerprint density at radius 1 is 1.24 bits per heavy atom. The lowest BCUT2D eigenvalue weighted by Crippen LogP contribution is -2.36. The van der Waals surface area contributed by atoms with E-state index < -0.39 is 17.5 Å². The molecule has 0 radical (unpaired) electrons. The molecule has 0 bridgehead atoms. The summed E-state index contributed by atoms with van der Waals surface area (Å²) in [6.45, 7) is 3.03. The van der Waals surface area contributed by atoms with Crippen molar-refractivity contribution in [3.05, 3.63) is 73.3 Å². The summed E-state index contributed by atoms with van der Waals surface area (Å²) >= 11 is 1.54. The number of ether oxygens (including phenoxy) is 2. The number of carbonyl (C=O) groups excluding carboxylic acids is 1. The van der Waals surface area contributed by atoms with E-state index in [9.17, 15) is 14.9 Å². The van der Waals surface area contributed by atoms with Gasteiger partial charge >= 0.3 is 0 Å². The first-order valence-corrected chi connectivity index (χ1v) is 11.4. The van der Waals surface area contributed by atoms with Crippen LogP contribution in [0.25, 0.3) is 0 Å². The third-order valence-electron chi connectivity index (χ3n) is 5.80. The van der Waals surface area contributed by atoms with Crippen molar-refractivity contribution in [2.45, 2.75) is 32.9 Å². The highest BCUT2D eigenvalue weighted by Gasteiger charge is 2.34. The number of carbonyl (C=O) groups is 1. The van der Waals surface area contributed by atoms with Crippen LogP contribution in [0.2, 0.25) is 0 Å². The highest BCUT2D eigenvalue weighted by molar-refractivity contribution is 7.12. The molecule has 10 heteroatoms. The summed E-state index contributed by atoms with van der Waals surface area (Å²) in [6.07, 6.45) is 0.500. The summed E-state index contributed by atoms with van der Waals surface area (Å²) in [5.41, 5.74) is 2.02. The normalized spacial score (nSPS) is 15.1. The summed E-state index contributed by atoms with van der Waals surface area (Å²) in [5, 5.41) is 21.6. The number of hydrogen-bond donors (Lipinski definition) is 0. The first kappa shape index (κ1) is 23.2. The van der Waals surface area contributed by atoms with Crippen LogP contribution in [0.1, 0.15) is 39.7 Å². The van der Waals surface area contributed by atoms with Crippen molar-refractivity contribution >= 4 is 23.0 Å². The van der Waals surface area contributed by atoms with E-state index in [1.165, 1.54) is 5.01 Å². The number of aryl methyl sites for hydroxylation is 1. The second-order valence-corrected chi connectivity index (χ2v) is 8.70. The van der Waals surface area contributed by atoms with Crippen LogP contribution >= 0.6 is 11.3 Å². The predicted octanol–water partition coefficient (Wildman–Crippen LogP) is 3.19. The number of thiophene rings is 1. The molecule has 0 spiro atoms. The third-order valence-corrected chi connectivity index (χ3v) is 6.72. The van der Waals surface area contributed by atoms with E-state index >= 15 is 0 Å². The lowest BCUT2D eigenvalue weighted by Gasteiger charge is -2.23. The lowest BCUT2D eigenvalue weighted by atomic mass is 10.0. The summed E-state index contributed by atoms with van der Waals surface area (Å²) < 4.78 is 11.8. The molecule has 1 aliphatic heterocycles. The fourth-order valence-electron chi connectivity index (χ4n) is 3.86. The first-order chi connectivity index (χ1) is 16.4. The van der Waals surface area contributed by atoms with E-state index in [0.29, 0.717) is 29.2 Å². The minimum atomic E-state index is -0.594. The van der Waals surface area contributed by atoms with Gasteiger partial charge in [0.15, 0.2) is 11.5 Å². The highest BCUT2D eigenvalue weighted by atomic mass is 32.1. The SMILES string of the molecule is COc1ccc([C@H]2CC(c3cccs3)=NN2C(=O)Cn2nc(C)c(C)c(C#N)c2=O)cc1OC. The van der Waals surface area contributed by atoms with Gasteiger partial charge in [-0.15, -0.1) is 11.3 Å². The van der Waals surface area contributed by atoms with Gasteiger partial charge in [-0.3, -0.25) is 9.59 Å². The van der Waals surface area contributed by atoms with E-state index in [2.05, 4.69) is 10.2 Å². The molecule has 1 aliphatic rings. The van der Waals surface area contributed by atoms with Gasteiger partial charge in [-0.1, -0.05) is 12.1 Å². The molecule has 1 aromatic carbocycles. The summed E-state index contributed by atoms with van der Waals surface area (Å²) in [6, 6.07) is 10.9. The number of nitriles is 1. The maximum Gasteiger partial charge on any atom is 0.285 e. The van der Waals surface area contributed by atoms with Crippen molar-refractivity contribution in [2.75, 3.05) is 14.2 Å². The van der Waals surface area contributed by atoms with Gasteiger partial charge < -0.3 is 9.47 Å². The van der Waals surface area contributed by atoms with Crippen LogP contribution in [0, 0.1) is 25.2 Å². The zero-order chi connectivity index (χ0) is 24.4. The monoisotopic (exact) mass is 477 g/mol. The van der Waals surface area contributed by atoms with Gasteiger partial charge in [-0.25, -0.2) is 9.69 Å². The van der Waals surface area contributed by atoms with Gasteiger partial charge in [0.2, 0.25) is 0 Å². The number of benzene rings is 1. The van der Waals surface area contributed by atoms with Crippen molar-refractivity contribution in [3.63, 3.8) is 0 Å². The van der Waals surface area contributed by atoms with Gasteiger partial charge in [0.25, 0.3) is 11.5 Å². The van der Waals surface area contributed by atoms with Crippen LogP contribution in [0.5, 0.6) is 11.5 Å². The molecule has 2 aromatic heterocycles. The van der Waals surface area contributed by atoms with Crippen LogP contribution in [0.3, 0.4) is 0 Å². The fraction of sp³-hybridized carbons (Fsp3) is 0.292. The molecule has 3 aromatic rings. The quantitative estimate of drug-likeness (QED) is 0.539. The highest BCUT2D eigenvalue weighted by Crippen LogP contribution is 2.38. The number of hydrogen-bond acceptors (Lipinski definition) is 8. The van der Waals surface area contributed by atoms with Crippen LogP contribution in [0.4, 0.5) is 0 Å². The van der Waals surface area contributed by atoms with Crippen molar-refractivity contribution < 1.29 is 14.3 Å². The summed E-state index contributed by atoms with van der Waals surface area (Å²) in [5.74, 6) is 0.715. The predicted molar refractivity (Wildman–Crippen MR) is 127 cm³/mol. The van der Waals surface area contributed by atoms with E-state index in [-0.39, 0.29) is 12.1 Å². The number of hydrazone groups is 1. The zero-order valence-electron chi connectivity index (χ0n) is 19.2. The lowest BCUT2D eigenvalue weighted by molar-refractivity contribution is -0.133. The van der Waals surface area contributed by atoms with Crippen molar-refractivity contribution in [2.24, 2.45) is 5.10 Å². The number of nitrogens with zero attached hydrogens (tertiary/aromatic N) is 5. The molecule has 174 valence electrons. The molecule has 4 rings (SSSR count). The van der Waals surface area contributed by atoms with Gasteiger partial charge in [-0.2, -0.15) is 15.5 Å². The molecule has 9 nitrogen and oxygen atoms in total. The average Bonchev–Trinajstić information content (AvgIpc) is 3.52. The van der Waals surface area contributed by atoms with Crippen LogP contribution in [-0.4, -0.2) is 40.6 Å². The van der Waals surface area contributed by atoms with Crippen LogP contribution in [-0.2, 0) is 11.3 Å². The van der Waals surface area contributed by atoms with Crippen molar-refractivity contribution in [1.82, 2.24) is 14.8 Å². The van der Waals surface area contributed by atoms with Crippen molar-refractivity contribution in [1.29, 1.82) is 5.26 Å². The molecular weight excluding hydrogens is 454 g/mol. The molecular formula is C24H23N5O4S. The Morgan fingerprint density at radius 3 is 2.65 bits per heavy atom. The molecule has 1 amide bonds. The molecule has 0 saturated heterocycles. The number of methoxy groups -OCH3 is 2. The molecule has 0 aliphatic carbocycles. The molecule has 0 N–H and O–H groups in total. The maximum absolute atomic E-state index is 13.4. The molecule has 34 heavy (non-hydrogen) atoms. The summed E-state index contributed by atoms with van der Waals surface area (Å²) in [7, 11) is 3.11. The minimum absolute atomic E-state index is 0.0130. The largest absolute Gasteiger partial charge is 0.493 e. The Balaban J connectivity index is 1.72. The number of rotatable bonds is 6. The fourth-order valence-corrected chi connectivity index (χ4v) is 4.58. The van der Waals surface area contributed by atoms with E-state index in [4.69, 9.17) is 9.47 Å². The zero-order valence-corrected chi connectivity index (χ0v) is 20.0. The standard InChI is InChI=1S/C24H23N5O4S/c1-14-15(2)26-28(24(31)17(14)12-25)13-23(30)29-19(11-18(27-29)22-6-5-9-34-22)16-7-8-20(32-3)21(10-16)33-4/h5-10,19H,11,13H2,1-4H3/t19-/m1/s1. The Kier molecular flexibility index (Phi) is 6.47. The Bertz CT molecular complexity index is 1370. The third kappa shape index (κ3) is 4.18. The number of aromatic nitrogens is 2. The van der Waals surface area contributed by atoms with Crippen LogP contribution in [0.15, 0.2) is 45.6 Å². The molecule has 0 saturated carbocycles. The van der Waals surface area contributed by atoms with Crippen LogP contribution < -0.4 is 15.0 Å². The van der Waals surface area contributed by atoms with Gasteiger partial charge in [0.1, 0.15) is 18.2 Å². The Morgan fingerprint density at radius 2 is 2.00 bits per heavy atom. The Hall–Kier alpha value is -3.97. The average molecular weight is 478 g/mol. The van der Waals surface area contributed by atoms with Crippen molar-refractivity contribution in [3.8, 4) is 17.6 Å². The second-order valence-electron chi connectivity index (χ2n) is 7.76. The molecule has 0 fully saturated rings. The Labute approximate surface area is 200 Å². The maximum atomic E-state index is 13.4. The van der Waals surface area contributed by atoms with E-state index in [1.54, 1.807) is 45.5 Å². The van der Waals surface area contributed by atoms with Gasteiger partial charge in [0, 0.05) is 6.42 Å². The summed E-state index contributed by atoms with van der Waals surface area (Å²) in [4.78, 5) is 27.1. The molecule has 1 atom stereocenters. The molecule has 0 unspecified atom stereocenters. The van der Waals surface area contributed by atoms with Gasteiger partial charge in [-0.05, 0) is 48.6 Å². The minimum Gasteiger partial charge on any atom is -0.493 e. The van der Waals surface area contributed by atoms with E-state index in [0.717, 1.165) is 20.8 Å². The van der Waals surface area contributed by atoms with Gasteiger partial charge in [0.05, 0.1) is 36.5 Å². The smallest absolute Gasteiger partial charge is 0.285 e.